The van der Waals surface area contributed by atoms with E-state index in [-0.39, 0.29) is 5.91 Å². The molecule has 118 valence electrons. The topological polar surface area (TPSA) is 47.6 Å². The lowest BCUT2D eigenvalue weighted by molar-refractivity contribution is -0.121. The maximum Gasteiger partial charge on any atom is 0.220 e. The van der Waals surface area contributed by atoms with Gasteiger partial charge in [-0.25, -0.2) is 0 Å². The van der Waals surface area contributed by atoms with E-state index in [2.05, 4.69) is 16.8 Å². The molecular weight excluding hydrogens is 298 g/mol. The summed E-state index contributed by atoms with van der Waals surface area (Å²) in [7, 11) is 3.20. The van der Waals surface area contributed by atoms with Crippen molar-refractivity contribution in [3.63, 3.8) is 0 Å². The summed E-state index contributed by atoms with van der Waals surface area (Å²) in [5.41, 5.74) is 0.911. The standard InChI is InChI=1S/C17H21NO3S/c1-20-15-9-3-6-13(17(15)21-2)12-18-16(19)10-4-7-14-8-5-11-22-14/h3,5-6,8-9,11H,4,7,10,12H2,1-2H3,(H,18,19). The summed E-state index contributed by atoms with van der Waals surface area (Å²) in [6.07, 6.45) is 2.35. The van der Waals surface area contributed by atoms with E-state index in [1.165, 1.54) is 4.88 Å². The predicted molar refractivity (Wildman–Crippen MR) is 88.6 cm³/mol. The highest BCUT2D eigenvalue weighted by Gasteiger charge is 2.10. The predicted octanol–water partition coefficient (Wildman–Crippen LogP) is 3.40. The normalized spacial score (nSPS) is 10.3. The molecule has 0 radical (unpaired) electrons. The van der Waals surface area contributed by atoms with Gasteiger partial charge < -0.3 is 14.8 Å². The van der Waals surface area contributed by atoms with Crippen LogP contribution < -0.4 is 14.8 Å². The van der Waals surface area contributed by atoms with Crippen molar-refractivity contribution < 1.29 is 14.3 Å². The Labute approximate surface area is 135 Å². The zero-order valence-corrected chi connectivity index (χ0v) is 13.7. The van der Waals surface area contributed by atoms with Gasteiger partial charge in [-0.1, -0.05) is 18.2 Å². The summed E-state index contributed by atoms with van der Waals surface area (Å²) in [4.78, 5) is 13.2. The number of benzene rings is 1. The molecule has 1 amide bonds. The second-order valence-corrected chi connectivity index (χ2v) is 5.89. The molecule has 0 bridgehead atoms. The van der Waals surface area contributed by atoms with Crippen LogP contribution in [0.3, 0.4) is 0 Å². The van der Waals surface area contributed by atoms with Crippen LogP contribution in [0.1, 0.15) is 23.3 Å². The molecule has 5 heteroatoms. The van der Waals surface area contributed by atoms with E-state index in [4.69, 9.17) is 9.47 Å². The third-order valence-electron chi connectivity index (χ3n) is 3.37. The number of amides is 1. The highest BCUT2D eigenvalue weighted by atomic mass is 32.1. The molecule has 0 fully saturated rings. The number of thiophene rings is 1. The summed E-state index contributed by atoms with van der Waals surface area (Å²) in [6.45, 7) is 0.443. The highest BCUT2D eigenvalue weighted by Crippen LogP contribution is 2.30. The van der Waals surface area contributed by atoms with Crippen molar-refractivity contribution in [2.75, 3.05) is 14.2 Å². The number of rotatable bonds is 8. The molecule has 1 aromatic heterocycles. The van der Waals surface area contributed by atoms with Gasteiger partial charge in [0.05, 0.1) is 14.2 Å². The molecule has 22 heavy (non-hydrogen) atoms. The number of para-hydroxylation sites is 1. The van der Waals surface area contributed by atoms with Gasteiger partial charge in [0.15, 0.2) is 11.5 Å². The lowest BCUT2D eigenvalue weighted by Gasteiger charge is -2.13. The number of carbonyl (C=O) groups excluding carboxylic acids is 1. The van der Waals surface area contributed by atoms with Crippen LogP contribution in [0.15, 0.2) is 35.7 Å². The van der Waals surface area contributed by atoms with Gasteiger partial charge >= 0.3 is 0 Å². The monoisotopic (exact) mass is 319 g/mol. The molecule has 0 unspecified atom stereocenters. The van der Waals surface area contributed by atoms with Crippen LogP contribution >= 0.6 is 11.3 Å². The quantitative estimate of drug-likeness (QED) is 0.811. The van der Waals surface area contributed by atoms with Gasteiger partial charge in [0.1, 0.15) is 0 Å². The van der Waals surface area contributed by atoms with Crippen LogP contribution in [0.4, 0.5) is 0 Å². The molecule has 0 aliphatic carbocycles. The lowest BCUT2D eigenvalue weighted by atomic mass is 10.1. The van der Waals surface area contributed by atoms with Crippen LogP contribution in [0, 0.1) is 0 Å². The number of methoxy groups -OCH3 is 2. The molecule has 0 atom stereocenters. The Bertz CT molecular complexity index is 596. The minimum Gasteiger partial charge on any atom is -0.493 e. The first-order valence-electron chi connectivity index (χ1n) is 7.23. The summed E-state index contributed by atoms with van der Waals surface area (Å²) in [5.74, 6) is 1.40. The second-order valence-electron chi connectivity index (χ2n) is 4.86. The molecule has 2 aromatic rings. The Kier molecular flexibility index (Phi) is 6.27. The number of hydrogen-bond acceptors (Lipinski definition) is 4. The maximum atomic E-state index is 11.9. The summed E-state index contributed by atoms with van der Waals surface area (Å²) in [5, 5.41) is 4.99. The van der Waals surface area contributed by atoms with Crippen LogP contribution in [0.5, 0.6) is 11.5 Å². The van der Waals surface area contributed by atoms with Crippen molar-refractivity contribution >= 4 is 17.2 Å². The molecule has 0 aliphatic heterocycles. The van der Waals surface area contributed by atoms with Gasteiger partial charge in [-0.2, -0.15) is 0 Å². The molecule has 0 aliphatic rings. The number of ether oxygens (including phenoxy) is 2. The Morgan fingerprint density at radius 2 is 2.05 bits per heavy atom. The Morgan fingerprint density at radius 1 is 1.18 bits per heavy atom. The smallest absolute Gasteiger partial charge is 0.220 e. The third-order valence-corrected chi connectivity index (χ3v) is 4.30. The highest BCUT2D eigenvalue weighted by molar-refractivity contribution is 7.09. The number of carbonyl (C=O) groups is 1. The number of aryl methyl sites for hydroxylation is 1. The van der Waals surface area contributed by atoms with E-state index in [0.29, 0.717) is 24.5 Å². The fourth-order valence-corrected chi connectivity index (χ4v) is 3.00. The first-order valence-corrected chi connectivity index (χ1v) is 8.11. The molecule has 1 heterocycles. The molecular formula is C17H21NO3S. The average molecular weight is 319 g/mol. The zero-order chi connectivity index (χ0) is 15.8. The second kappa shape index (κ2) is 8.44. The molecule has 0 spiro atoms. The van der Waals surface area contributed by atoms with E-state index in [1.54, 1.807) is 25.6 Å². The van der Waals surface area contributed by atoms with Crippen LogP contribution in [-0.4, -0.2) is 20.1 Å². The van der Waals surface area contributed by atoms with E-state index < -0.39 is 0 Å². The third kappa shape index (κ3) is 4.49. The molecule has 0 saturated carbocycles. The van der Waals surface area contributed by atoms with E-state index >= 15 is 0 Å². The molecule has 4 nitrogen and oxygen atoms in total. The minimum absolute atomic E-state index is 0.0569. The number of hydrogen-bond donors (Lipinski definition) is 1. The largest absolute Gasteiger partial charge is 0.493 e. The van der Waals surface area contributed by atoms with Gasteiger partial charge in [0.25, 0.3) is 0 Å². The minimum atomic E-state index is 0.0569. The van der Waals surface area contributed by atoms with Crippen molar-refractivity contribution in [1.29, 1.82) is 0 Å². The van der Waals surface area contributed by atoms with Gasteiger partial charge in [-0.3, -0.25) is 4.79 Å². The maximum absolute atomic E-state index is 11.9. The van der Waals surface area contributed by atoms with Crippen molar-refractivity contribution in [2.24, 2.45) is 0 Å². The van der Waals surface area contributed by atoms with Crippen molar-refractivity contribution in [3.05, 3.63) is 46.2 Å². The van der Waals surface area contributed by atoms with Crippen molar-refractivity contribution in [2.45, 2.75) is 25.8 Å². The summed E-state index contributed by atoms with van der Waals surface area (Å²) in [6, 6.07) is 9.79. The van der Waals surface area contributed by atoms with Crippen LogP contribution in [0.2, 0.25) is 0 Å². The number of nitrogens with one attached hydrogen (secondary N) is 1. The summed E-state index contributed by atoms with van der Waals surface area (Å²) < 4.78 is 10.6. The average Bonchev–Trinajstić information content (AvgIpc) is 3.05. The van der Waals surface area contributed by atoms with Gasteiger partial charge in [0, 0.05) is 23.4 Å². The van der Waals surface area contributed by atoms with E-state index in [9.17, 15) is 4.79 Å². The van der Waals surface area contributed by atoms with Gasteiger partial charge in [0.2, 0.25) is 5.91 Å². The Hall–Kier alpha value is -2.01. The van der Waals surface area contributed by atoms with Gasteiger partial charge in [-0.05, 0) is 30.4 Å². The van der Waals surface area contributed by atoms with Crippen molar-refractivity contribution in [3.8, 4) is 11.5 Å². The summed E-state index contributed by atoms with van der Waals surface area (Å²) >= 11 is 1.73. The van der Waals surface area contributed by atoms with Gasteiger partial charge in [-0.15, -0.1) is 11.3 Å². The molecule has 2 rings (SSSR count). The van der Waals surface area contributed by atoms with E-state index in [1.807, 2.05) is 24.3 Å². The molecule has 1 aromatic carbocycles. The first-order chi connectivity index (χ1) is 10.7. The zero-order valence-electron chi connectivity index (χ0n) is 12.9. The van der Waals surface area contributed by atoms with Crippen LogP contribution in [-0.2, 0) is 17.8 Å². The Morgan fingerprint density at radius 3 is 2.73 bits per heavy atom. The molecule has 0 saturated heterocycles. The molecule has 1 N–H and O–H groups in total. The fraction of sp³-hybridized carbons (Fsp3) is 0.353. The van der Waals surface area contributed by atoms with Crippen LogP contribution in [0.25, 0.3) is 0 Å². The Balaban J connectivity index is 1.81. The first kappa shape index (κ1) is 16.4. The fourth-order valence-electron chi connectivity index (χ4n) is 2.25. The van der Waals surface area contributed by atoms with E-state index in [0.717, 1.165) is 18.4 Å². The van der Waals surface area contributed by atoms with Crippen molar-refractivity contribution in [1.82, 2.24) is 5.32 Å². The lowest BCUT2D eigenvalue weighted by Crippen LogP contribution is -2.22. The SMILES string of the molecule is COc1cccc(CNC(=O)CCCc2cccs2)c1OC.